The fraction of sp³-hybridized carbons (Fsp3) is 0.545. The summed E-state index contributed by atoms with van der Waals surface area (Å²) in [5, 5.41) is 8.39. The maximum atomic E-state index is 12.3. The zero-order valence-corrected chi connectivity index (χ0v) is 11.2. The van der Waals surface area contributed by atoms with Gasteiger partial charge in [0.05, 0.1) is 6.10 Å². The van der Waals surface area contributed by atoms with Gasteiger partial charge in [-0.3, -0.25) is 0 Å². The van der Waals surface area contributed by atoms with Crippen molar-refractivity contribution in [2.75, 3.05) is 20.2 Å². The molecule has 1 unspecified atom stereocenters. The summed E-state index contributed by atoms with van der Waals surface area (Å²) in [6.45, 7) is 0.632. The van der Waals surface area contributed by atoms with Crippen molar-refractivity contribution in [2.24, 2.45) is 0 Å². The van der Waals surface area contributed by atoms with Gasteiger partial charge in [-0.25, -0.2) is 13.2 Å². The van der Waals surface area contributed by atoms with E-state index in [4.69, 9.17) is 14.3 Å². The number of nitrogens with zero attached hydrogens (tertiary/aromatic N) is 1. The summed E-state index contributed by atoms with van der Waals surface area (Å²) >= 11 is 0. The van der Waals surface area contributed by atoms with Crippen LogP contribution in [0, 0.1) is 0 Å². The zero-order chi connectivity index (χ0) is 14.0. The highest BCUT2D eigenvalue weighted by atomic mass is 32.2. The number of hydrogen-bond acceptors (Lipinski definition) is 5. The third kappa shape index (κ3) is 2.80. The van der Waals surface area contributed by atoms with E-state index in [-0.39, 0.29) is 23.5 Å². The van der Waals surface area contributed by atoms with Crippen molar-refractivity contribution in [3.05, 3.63) is 17.9 Å². The van der Waals surface area contributed by atoms with Gasteiger partial charge in [-0.1, -0.05) is 0 Å². The van der Waals surface area contributed by atoms with Gasteiger partial charge in [-0.15, -0.1) is 0 Å². The largest absolute Gasteiger partial charge is 0.475 e. The molecule has 1 saturated heterocycles. The molecular weight excluding hydrogens is 274 g/mol. The molecule has 0 bridgehead atoms. The molecule has 1 aromatic rings. The second kappa shape index (κ2) is 5.32. The Hall–Kier alpha value is -1.38. The minimum Gasteiger partial charge on any atom is -0.475 e. The van der Waals surface area contributed by atoms with Crippen LogP contribution in [-0.4, -0.2) is 50.1 Å². The van der Waals surface area contributed by atoms with Crippen molar-refractivity contribution < 1.29 is 27.5 Å². The van der Waals surface area contributed by atoms with Gasteiger partial charge in [-0.05, 0) is 25.0 Å². The van der Waals surface area contributed by atoms with Gasteiger partial charge in [-0.2, -0.15) is 4.31 Å². The first-order chi connectivity index (χ1) is 8.95. The van der Waals surface area contributed by atoms with Crippen LogP contribution in [0.4, 0.5) is 0 Å². The first-order valence-electron chi connectivity index (χ1n) is 5.81. The molecule has 1 fully saturated rings. The van der Waals surface area contributed by atoms with E-state index >= 15 is 0 Å². The van der Waals surface area contributed by atoms with E-state index in [0.29, 0.717) is 13.0 Å². The number of sulfonamides is 1. The van der Waals surface area contributed by atoms with Crippen LogP contribution >= 0.6 is 0 Å². The van der Waals surface area contributed by atoms with Gasteiger partial charge >= 0.3 is 5.97 Å². The van der Waals surface area contributed by atoms with Crippen LogP contribution in [0.1, 0.15) is 23.4 Å². The van der Waals surface area contributed by atoms with Crippen LogP contribution in [0.2, 0.25) is 0 Å². The monoisotopic (exact) mass is 289 g/mol. The highest BCUT2D eigenvalue weighted by molar-refractivity contribution is 7.89. The molecule has 0 aromatic carbocycles. The summed E-state index contributed by atoms with van der Waals surface area (Å²) in [5.41, 5.74) is 0. The van der Waals surface area contributed by atoms with Crippen molar-refractivity contribution in [1.29, 1.82) is 0 Å². The van der Waals surface area contributed by atoms with E-state index in [0.717, 1.165) is 18.6 Å². The third-order valence-corrected chi connectivity index (χ3v) is 4.80. The molecule has 7 nitrogen and oxygen atoms in total. The molecule has 1 aliphatic rings. The highest BCUT2D eigenvalue weighted by Crippen LogP contribution is 2.23. The lowest BCUT2D eigenvalue weighted by Gasteiger charge is -2.30. The Kier molecular flexibility index (Phi) is 3.93. The van der Waals surface area contributed by atoms with Crippen LogP contribution in [0.25, 0.3) is 0 Å². The lowest BCUT2D eigenvalue weighted by molar-refractivity contribution is 0.0565. The molecule has 1 atom stereocenters. The first kappa shape index (κ1) is 14.0. The Balaban J connectivity index is 2.23. The Morgan fingerprint density at radius 3 is 2.84 bits per heavy atom. The van der Waals surface area contributed by atoms with Crippen molar-refractivity contribution in [1.82, 2.24) is 4.31 Å². The maximum Gasteiger partial charge on any atom is 0.371 e. The average Bonchev–Trinajstić information content (AvgIpc) is 2.89. The minimum atomic E-state index is -3.79. The van der Waals surface area contributed by atoms with Crippen LogP contribution in [0.5, 0.6) is 0 Å². The van der Waals surface area contributed by atoms with E-state index in [1.807, 2.05) is 0 Å². The molecule has 0 amide bonds. The predicted molar refractivity (Wildman–Crippen MR) is 64.5 cm³/mol. The predicted octanol–water partition coefficient (Wildman–Crippen LogP) is 0.777. The normalized spacial score (nSPS) is 21.4. The number of furan rings is 1. The maximum absolute atomic E-state index is 12.3. The number of rotatable bonds is 4. The molecule has 1 aliphatic heterocycles. The molecule has 2 rings (SSSR count). The van der Waals surface area contributed by atoms with E-state index < -0.39 is 16.0 Å². The molecule has 0 saturated carbocycles. The molecule has 0 spiro atoms. The van der Waals surface area contributed by atoms with Crippen LogP contribution in [0.3, 0.4) is 0 Å². The molecule has 0 aliphatic carbocycles. The van der Waals surface area contributed by atoms with Crippen molar-refractivity contribution in [3.8, 4) is 0 Å². The highest BCUT2D eigenvalue weighted by Gasteiger charge is 2.32. The zero-order valence-electron chi connectivity index (χ0n) is 10.4. The summed E-state index contributed by atoms with van der Waals surface area (Å²) in [4.78, 5) is 10.7. The van der Waals surface area contributed by atoms with Crippen molar-refractivity contribution >= 4 is 16.0 Å². The standard InChI is InChI=1S/C11H15NO6S/c1-17-8-3-2-6-12(7-8)19(15,16)10-5-4-9(18-10)11(13)14/h4-5,8H,2-3,6-7H2,1H3,(H,13,14). The fourth-order valence-electron chi connectivity index (χ4n) is 2.02. The van der Waals surface area contributed by atoms with Gasteiger partial charge < -0.3 is 14.3 Å². The minimum absolute atomic E-state index is 0.141. The lowest BCUT2D eigenvalue weighted by atomic mass is 10.1. The number of aromatic carboxylic acids is 1. The summed E-state index contributed by atoms with van der Waals surface area (Å²) in [6, 6.07) is 2.29. The van der Waals surface area contributed by atoms with Gasteiger partial charge in [0.25, 0.3) is 10.0 Å². The van der Waals surface area contributed by atoms with Gasteiger partial charge in [0, 0.05) is 20.2 Å². The Labute approximate surface area is 110 Å². The molecule has 0 radical (unpaired) electrons. The van der Waals surface area contributed by atoms with Crippen molar-refractivity contribution in [2.45, 2.75) is 24.0 Å². The van der Waals surface area contributed by atoms with Gasteiger partial charge in [0.15, 0.2) is 0 Å². The van der Waals surface area contributed by atoms with E-state index in [1.165, 1.54) is 11.4 Å². The number of piperidine rings is 1. The van der Waals surface area contributed by atoms with Crippen LogP contribution < -0.4 is 0 Å². The number of carbonyl (C=O) groups is 1. The fourth-order valence-corrected chi connectivity index (χ4v) is 3.44. The second-order valence-electron chi connectivity index (χ2n) is 4.29. The summed E-state index contributed by atoms with van der Waals surface area (Å²) in [5.74, 6) is -1.69. The molecule has 106 valence electrons. The molecule has 1 N–H and O–H groups in total. The number of methoxy groups -OCH3 is 1. The third-order valence-electron chi connectivity index (χ3n) is 3.06. The summed E-state index contributed by atoms with van der Waals surface area (Å²) in [7, 11) is -2.26. The summed E-state index contributed by atoms with van der Waals surface area (Å²) in [6.07, 6.45) is 1.36. The second-order valence-corrected chi connectivity index (χ2v) is 6.16. The van der Waals surface area contributed by atoms with Gasteiger partial charge in [0.2, 0.25) is 10.9 Å². The Bertz CT molecular complexity index is 563. The number of ether oxygens (including phenoxy) is 1. The molecule has 19 heavy (non-hydrogen) atoms. The quantitative estimate of drug-likeness (QED) is 0.879. The topological polar surface area (TPSA) is 97.0 Å². The van der Waals surface area contributed by atoms with E-state index in [2.05, 4.69) is 0 Å². The number of carboxylic acid groups (broad SMARTS) is 1. The Morgan fingerprint density at radius 1 is 1.53 bits per heavy atom. The van der Waals surface area contributed by atoms with E-state index in [9.17, 15) is 13.2 Å². The molecule has 2 heterocycles. The Morgan fingerprint density at radius 2 is 2.26 bits per heavy atom. The molecule has 8 heteroatoms. The number of hydrogen-bond donors (Lipinski definition) is 1. The van der Waals surface area contributed by atoms with Crippen molar-refractivity contribution in [3.63, 3.8) is 0 Å². The van der Waals surface area contributed by atoms with Gasteiger partial charge in [0.1, 0.15) is 0 Å². The smallest absolute Gasteiger partial charge is 0.371 e. The van der Waals surface area contributed by atoms with Crippen LogP contribution in [-0.2, 0) is 14.8 Å². The van der Waals surface area contributed by atoms with E-state index in [1.54, 1.807) is 0 Å². The molecule has 1 aromatic heterocycles. The summed E-state index contributed by atoms with van der Waals surface area (Å²) < 4.78 is 35.8. The number of carboxylic acids is 1. The average molecular weight is 289 g/mol. The first-order valence-corrected chi connectivity index (χ1v) is 7.25. The van der Waals surface area contributed by atoms with Crippen LogP contribution in [0.15, 0.2) is 21.6 Å². The SMILES string of the molecule is COC1CCCN(S(=O)(=O)c2ccc(C(=O)O)o2)C1. The lowest BCUT2D eigenvalue weighted by Crippen LogP contribution is -2.42. The molecular formula is C11H15NO6S.